The molecule has 0 saturated heterocycles. The third kappa shape index (κ3) is 4.83. The number of nitriles is 1. The van der Waals surface area contributed by atoms with E-state index in [1.54, 1.807) is 18.2 Å². The maximum absolute atomic E-state index is 10.8. The smallest absolute Gasteiger partial charge is 0.269 e. The van der Waals surface area contributed by atoms with Gasteiger partial charge < -0.3 is 4.74 Å². The summed E-state index contributed by atoms with van der Waals surface area (Å²) in [6, 6.07) is 25.3. The summed E-state index contributed by atoms with van der Waals surface area (Å²) in [5.74, 6) is 1.49. The molecule has 3 aromatic carbocycles. The van der Waals surface area contributed by atoms with Crippen molar-refractivity contribution in [3.63, 3.8) is 0 Å². The van der Waals surface area contributed by atoms with Crippen LogP contribution in [0, 0.1) is 21.4 Å². The molecule has 0 atom stereocenters. The van der Waals surface area contributed by atoms with E-state index < -0.39 is 4.92 Å². The van der Waals surface area contributed by atoms with Gasteiger partial charge in [0, 0.05) is 23.1 Å². The summed E-state index contributed by atoms with van der Waals surface area (Å²) in [5, 5.41) is 22.8. The van der Waals surface area contributed by atoms with E-state index in [9.17, 15) is 15.4 Å². The highest BCUT2D eigenvalue weighted by Gasteiger charge is 2.10. The van der Waals surface area contributed by atoms with Crippen LogP contribution in [-0.4, -0.2) is 9.91 Å². The van der Waals surface area contributed by atoms with Gasteiger partial charge in [-0.25, -0.2) is 4.98 Å². The van der Waals surface area contributed by atoms with Crippen molar-refractivity contribution in [2.75, 3.05) is 0 Å². The lowest BCUT2D eigenvalue weighted by Crippen LogP contribution is -1.87. The Hall–Kier alpha value is -4.28. The molecule has 1 aromatic heterocycles. The minimum atomic E-state index is -0.456. The van der Waals surface area contributed by atoms with Crippen LogP contribution in [0.15, 0.2) is 84.2 Å². The van der Waals surface area contributed by atoms with Crippen molar-refractivity contribution in [1.29, 1.82) is 5.26 Å². The van der Waals surface area contributed by atoms with Gasteiger partial charge in [-0.2, -0.15) is 5.26 Å². The van der Waals surface area contributed by atoms with E-state index in [2.05, 4.69) is 11.1 Å². The molecule has 1 heterocycles. The summed E-state index contributed by atoms with van der Waals surface area (Å²) in [4.78, 5) is 14.9. The van der Waals surface area contributed by atoms with Crippen LogP contribution in [0.2, 0.25) is 0 Å². The molecule has 0 spiro atoms. The van der Waals surface area contributed by atoms with Crippen molar-refractivity contribution in [2.45, 2.75) is 0 Å². The van der Waals surface area contributed by atoms with Crippen LogP contribution in [-0.2, 0) is 0 Å². The first kappa shape index (κ1) is 20.0. The number of benzene rings is 3. The van der Waals surface area contributed by atoms with E-state index >= 15 is 0 Å². The van der Waals surface area contributed by atoms with Crippen LogP contribution in [0.5, 0.6) is 11.5 Å². The van der Waals surface area contributed by atoms with Crippen molar-refractivity contribution < 1.29 is 9.66 Å². The Bertz CT molecular complexity index is 1270. The second-order valence-corrected chi connectivity index (χ2v) is 7.35. The Morgan fingerprint density at radius 2 is 1.68 bits per heavy atom. The molecule has 0 saturated carbocycles. The van der Waals surface area contributed by atoms with Gasteiger partial charge in [-0.3, -0.25) is 10.1 Å². The zero-order valence-corrected chi connectivity index (χ0v) is 17.0. The van der Waals surface area contributed by atoms with Gasteiger partial charge in [-0.15, -0.1) is 11.3 Å². The fraction of sp³-hybridized carbons (Fsp3) is 0. The van der Waals surface area contributed by atoms with Crippen LogP contribution in [0.1, 0.15) is 10.6 Å². The first-order chi connectivity index (χ1) is 15.1. The van der Waals surface area contributed by atoms with Gasteiger partial charge in [0.25, 0.3) is 5.69 Å². The molecule has 0 N–H and O–H groups in total. The zero-order valence-electron chi connectivity index (χ0n) is 16.1. The number of thiazole rings is 1. The molecule has 31 heavy (non-hydrogen) atoms. The second-order valence-electron chi connectivity index (χ2n) is 6.50. The number of para-hydroxylation sites is 1. The van der Waals surface area contributed by atoms with Gasteiger partial charge in [0.2, 0.25) is 0 Å². The molecular formula is C24H15N3O3S. The van der Waals surface area contributed by atoms with Gasteiger partial charge in [0.15, 0.2) is 0 Å². The highest BCUT2D eigenvalue weighted by Crippen LogP contribution is 2.29. The molecular weight excluding hydrogens is 410 g/mol. The number of nitrogens with zero attached hydrogens (tertiary/aromatic N) is 3. The summed E-state index contributed by atoms with van der Waals surface area (Å²) in [7, 11) is 0. The molecule has 0 unspecified atom stereocenters. The number of allylic oxidation sites excluding steroid dienone is 1. The lowest BCUT2D eigenvalue weighted by molar-refractivity contribution is -0.384. The third-order valence-electron chi connectivity index (χ3n) is 4.40. The average Bonchev–Trinajstić information content (AvgIpc) is 3.29. The molecule has 7 heteroatoms. The van der Waals surface area contributed by atoms with Gasteiger partial charge in [-0.05, 0) is 60.2 Å². The molecule has 0 aliphatic heterocycles. The van der Waals surface area contributed by atoms with Crippen molar-refractivity contribution in [3.05, 3.63) is 105 Å². The number of non-ortho nitro benzene ring substituents is 1. The van der Waals surface area contributed by atoms with Crippen molar-refractivity contribution in [2.24, 2.45) is 0 Å². The van der Waals surface area contributed by atoms with Crippen molar-refractivity contribution >= 4 is 28.7 Å². The number of nitro groups is 1. The first-order valence-electron chi connectivity index (χ1n) is 9.28. The van der Waals surface area contributed by atoms with Crippen LogP contribution in [0.3, 0.4) is 0 Å². The standard InChI is InChI=1S/C24H15N3O3S/c25-15-19(14-17-6-10-20(11-7-17)27(28)29)24-26-23(16-31-24)18-8-12-22(13-9-18)30-21-4-2-1-3-5-21/h1-14,16H/b19-14-. The lowest BCUT2D eigenvalue weighted by Gasteiger charge is -2.05. The number of hydrogen-bond donors (Lipinski definition) is 0. The van der Waals surface area contributed by atoms with E-state index in [0.717, 1.165) is 22.8 Å². The Labute approximate surface area is 182 Å². The zero-order chi connectivity index (χ0) is 21.6. The molecule has 150 valence electrons. The second kappa shape index (κ2) is 9.03. The van der Waals surface area contributed by atoms with E-state index in [1.807, 2.05) is 60.0 Å². The highest BCUT2D eigenvalue weighted by atomic mass is 32.1. The fourth-order valence-corrected chi connectivity index (χ4v) is 3.64. The van der Waals surface area contributed by atoms with Crippen molar-refractivity contribution in [3.8, 4) is 28.8 Å². The SMILES string of the molecule is N#C/C(=C/c1ccc([N+](=O)[O-])cc1)c1nc(-c2ccc(Oc3ccccc3)cc2)cs1. The molecule has 0 amide bonds. The summed E-state index contributed by atoms with van der Waals surface area (Å²) in [6.07, 6.45) is 1.67. The Morgan fingerprint density at radius 3 is 2.32 bits per heavy atom. The van der Waals surface area contributed by atoms with Crippen LogP contribution >= 0.6 is 11.3 Å². The van der Waals surface area contributed by atoms with Crippen molar-refractivity contribution in [1.82, 2.24) is 4.98 Å². The number of aromatic nitrogens is 1. The first-order valence-corrected chi connectivity index (χ1v) is 10.2. The van der Waals surface area contributed by atoms with Crippen LogP contribution in [0.4, 0.5) is 5.69 Å². The summed E-state index contributed by atoms with van der Waals surface area (Å²) in [5.41, 5.74) is 2.77. The Morgan fingerprint density at radius 1 is 1.00 bits per heavy atom. The molecule has 4 rings (SSSR count). The number of ether oxygens (including phenoxy) is 1. The van der Waals surface area contributed by atoms with E-state index in [-0.39, 0.29) is 5.69 Å². The average molecular weight is 425 g/mol. The van der Waals surface area contributed by atoms with E-state index in [1.165, 1.54) is 23.5 Å². The molecule has 0 radical (unpaired) electrons. The summed E-state index contributed by atoms with van der Waals surface area (Å²) < 4.78 is 5.81. The Balaban J connectivity index is 1.52. The molecule has 0 aliphatic rings. The minimum Gasteiger partial charge on any atom is -0.457 e. The predicted octanol–water partition coefficient (Wildman–Crippen LogP) is 6.57. The minimum absolute atomic E-state index is 0.00637. The molecule has 0 bridgehead atoms. The molecule has 4 aromatic rings. The van der Waals surface area contributed by atoms with Crippen LogP contribution < -0.4 is 4.74 Å². The largest absolute Gasteiger partial charge is 0.457 e. The van der Waals surface area contributed by atoms with Crippen LogP contribution in [0.25, 0.3) is 22.9 Å². The molecule has 6 nitrogen and oxygen atoms in total. The third-order valence-corrected chi connectivity index (χ3v) is 5.27. The maximum atomic E-state index is 10.8. The molecule has 0 fully saturated rings. The topological polar surface area (TPSA) is 89.0 Å². The monoisotopic (exact) mass is 425 g/mol. The maximum Gasteiger partial charge on any atom is 0.269 e. The number of hydrogen-bond acceptors (Lipinski definition) is 6. The normalized spacial score (nSPS) is 11.0. The molecule has 0 aliphatic carbocycles. The lowest BCUT2D eigenvalue weighted by atomic mass is 10.1. The van der Waals surface area contributed by atoms with Gasteiger partial charge in [0.1, 0.15) is 22.6 Å². The Kier molecular flexibility index (Phi) is 5.83. The fourth-order valence-electron chi connectivity index (χ4n) is 2.85. The van der Waals surface area contributed by atoms with Gasteiger partial charge in [0.05, 0.1) is 16.2 Å². The summed E-state index contributed by atoms with van der Waals surface area (Å²) in [6.45, 7) is 0. The number of rotatable bonds is 6. The van der Waals surface area contributed by atoms with E-state index in [0.29, 0.717) is 16.1 Å². The summed E-state index contributed by atoms with van der Waals surface area (Å²) >= 11 is 1.37. The predicted molar refractivity (Wildman–Crippen MR) is 121 cm³/mol. The van der Waals surface area contributed by atoms with E-state index in [4.69, 9.17) is 4.74 Å². The number of nitro benzene ring substituents is 1. The van der Waals surface area contributed by atoms with Gasteiger partial charge >= 0.3 is 0 Å². The van der Waals surface area contributed by atoms with Gasteiger partial charge in [-0.1, -0.05) is 18.2 Å². The quantitative estimate of drug-likeness (QED) is 0.198. The highest BCUT2D eigenvalue weighted by molar-refractivity contribution is 7.11.